The number of ether oxygens (including phenoxy) is 1. The fraction of sp³-hybridized carbons (Fsp3) is 0.182. The summed E-state index contributed by atoms with van der Waals surface area (Å²) >= 11 is 0. The zero-order chi connectivity index (χ0) is 11.0. The van der Waals surface area contributed by atoms with Crippen molar-refractivity contribution in [1.29, 1.82) is 0 Å². The summed E-state index contributed by atoms with van der Waals surface area (Å²) in [6.45, 7) is 5.25. The molecule has 0 saturated carbocycles. The van der Waals surface area contributed by atoms with E-state index in [9.17, 15) is 4.79 Å². The largest absolute Gasteiger partial charge is 0.504 e. The lowest BCUT2D eigenvalue weighted by Gasteiger charge is -2.01. The van der Waals surface area contributed by atoms with Crippen molar-refractivity contribution >= 4 is 6.29 Å². The summed E-state index contributed by atoms with van der Waals surface area (Å²) < 4.78 is 4.78. The summed E-state index contributed by atoms with van der Waals surface area (Å²) in [7, 11) is 1.45. The summed E-state index contributed by atoms with van der Waals surface area (Å²) in [5.74, 6) is 0.354. The molecule has 76 valence electrons. The molecule has 0 amide bonds. The van der Waals surface area contributed by atoms with Gasteiger partial charge in [0.1, 0.15) is 6.29 Å². The van der Waals surface area contributed by atoms with Crippen molar-refractivity contribution in [2.24, 2.45) is 0 Å². The average molecular weight is 194 g/mol. The molecule has 0 bridgehead atoms. The standard InChI is InChI=1S/C8H8O3.C3H6/c1-11-8-3-2-6(5-9)4-7(8)10;1-3-2/h2-5,10H,1H3;3H,1H2,2H3. The lowest BCUT2D eigenvalue weighted by atomic mass is 10.2. The van der Waals surface area contributed by atoms with Crippen molar-refractivity contribution in [3.63, 3.8) is 0 Å². The molecular formula is C11H14O3. The van der Waals surface area contributed by atoms with Crippen LogP contribution in [0.3, 0.4) is 0 Å². The van der Waals surface area contributed by atoms with Gasteiger partial charge >= 0.3 is 0 Å². The molecule has 3 heteroatoms. The molecule has 0 aliphatic heterocycles. The van der Waals surface area contributed by atoms with Gasteiger partial charge in [-0.2, -0.15) is 0 Å². The van der Waals surface area contributed by atoms with Crippen LogP contribution in [-0.2, 0) is 0 Å². The third-order valence-corrected chi connectivity index (χ3v) is 1.34. The molecule has 0 aliphatic rings. The van der Waals surface area contributed by atoms with E-state index in [0.717, 1.165) is 0 Å². The number of methoxy groups -OCH3 is 1. The minimum Gasteiger partial charge on any atom is -0.504 e. The van der Waals surface area contributed by atoms with Crippen LogP contribution < -0.4 is 4.74 Å². The Hall–Kier alpha value is -1.77. The fourth-order valence-corrected chi connectivity index (χ4v) is 0.780. The number of phenols is 1. The Labute approximate surface area is 83.6 Å². The van der Waals surface area contributed by atoms with Gasteiger partial charge in [0.2, 0.25) is 0 Å². The van der Waals surface area contributed by atoms with E-state index in [1.807, 2.05) is 6.92 Å². The topological polar surface area (TPSA) is 46.5 Å². The quantitative estimate of drug-likeness (QED) is 0.581. The highest BCUT2D eigenvalue weighted by atomic mass is 16.5. The van der Waals surface area contributed by atoms with E-state index in [-0.39, 0.29) is 5.75 Å². The van der Waals surface area contributed by atoms with Crippen molar-refractivity contribution in [3.8, 4) is 11.5 Å². The SMILES string of the molecule is C=CC.COc1ccc(C=O)cc1O. The van der Waals surface area contributed by atoms with E-state index >= 15 is 0 Å². The van der Waals surface area contributed by atoms with Crippen LogP contribution >= 0.6 is 0 Å². The normalized spacial score (nSPS) is 8.14. The monoisotopic (exact) mass is 194 g/mol. The molecule has 0 aliphatic carbocycles. The summed E-state index contributed by atoms with van der Waals surface area (Å²) in [5, 5.41) is 9.14. The second kappa shape index (κ2) is 6.71. The first-order valence-electron chi connectivity index (χ1n) is 4.08. The molecule has 1 aromatic carbocycles. The first-order valence-corrected chi connectivity index (χ1v) is 4.08. The van der Waals surface area contributed by atoms with Gasteiger partial charge in [-0.3, -0.25) is 4.79 Å². The first-order chi connectivity index (χ1) is 6.69. The number of carbonyl (C=O) groups excluding carboxylic acids is 1. The van der Waals surface area contributed by atoms with Gasteiger partial charge in [0.25, 0.3) is 0 Å². The molecular weight excluding hydrogens is 180 g/mol. The molecule has 1 aromatic rings. The van der Waals surface area contributed by atoms with Gasteiger partial charge in [0.15, 0.2) is 11.5 Å². The number of benzene rings is 1. The number of hydrogen-bond acceptors (Lipinski definition) is 3. The van der Waals surface area contributed by atoms with Crippen molar-refractivity contribution in [2.45, 2.75) is 6.92 Å². The predicted octanol–water partition coefficient (Wildman–Crippen LogP) is 2.41. The maximum Gasteiger partial charge on any atom is 0.160 e. The number of rotatable bonds is 2. The van der Waals surface area contributed by atoms with E-state index < -0.39 is 0 Å². The van der Waals surface area contributed by atoms with Crippen molar-refractivity contribution in [3.05, 3.63) is 36.4 Å². The zero-order valence-corrected chi connectivity index (χ0v) is 8.36. The number of phenolic OH excluding ortho intramolecular Hbond substituents is 1. The van der Waals surface area contributed by atoms with Gasteiger partial charge in [-0.05, 0) is 25.1 Å². The van der Waals surface area contributed by atoms with Crippen LogP contribution in [0.4, 0.5) is 0 Å². The molecule has 3 nitrogen and oxygen atoms in total. The Bertz CT molecular complexity index is 305. The maximum atomic E-state index is 10.2. The average Bonchev–Trinajstić information content (AvgIpc) is 2.19. The minimum absolute atomic E-state index is 0.0166. The Morgan fingerprint density at radius 1 is 1.50 bits per heavy atom. The Balaban J connectivity index is 0.000000500. The van der Waals surface area contributed by atoms with E-state index in [1.165, 1.54) is 13.2 Å². The molecule has 0 saturated heterocycles. The molecule has 0 heterocycles. The van der Waals surface area contributed by atoms with Crippen molar-refractivity contribution < 1.29 is 14.6 Å². The highest BCUT2D eigenvalue weighted by Gasteiger charge is 2.00. The van der Waals surface area contributed by atoms with Crippen molar-refractivity contribution in [2.75, 3.05) is 7.11 Å². The molecule has 0 atom stereocenters. The highest BCUT2D eigenvalue weighted by Crippen LogP contribution is 2.25. The lowest BCUT2D eigenvalue weighted by Crippen LogP contribution is -1.85. The number of allylic oxidation sites excluding steroid dienone is 1. The Morgan fingerprint density at radius 2 is 2.07 bits per heavy atom. The minimum atomic E-state index is -0.0166. The fourth-order valence-electron chi connectivity index (χ4n) is 0.780. The van der Waals surface area contributed by atoms with Gasteiger partial charge in [-0.1, -0.05) is 6.08 Å². The molecule has 0 unspecified atom stereocenters. The van der Waals surface area contributed by atoms with Crippen LogP contribution in [0.15, 0.2) is 30.9 Å². The number of aromatic hydroxyl groups is 1. The van der Waals surface area contributed by atoms with Gasteiger partial charge in [0.05, 0.1) is 7.11 Å². The summed E-state index contributed by atoms with van der Waals surface area (Å²) in [4.78, 5) is 10.2. The van der Waals surface area contributed by atoms with Gasteiger partial charge in [-0.25, -0.2) is 0 Å². The third kappa shape index (κ3) is 3.76. The van der Waals surface area contributed by atoms with Crippen LogP contribution in [0.2, 0.25) is 0 Å². The Kier molecular flexibility index (Phi) is 5.87. The van der Waals surface area contributed by atoms with Gasteiger partial charge in [-0.15, -0.1) is 6.58 Å². The molecule has 0 spiro atoms. The number of hydrogen-bond donors (Lipinski definition) is 1. The second-order valence-electron chi connectivity index (χ2n) is 2.46. The molecule has 14 heavy (non-hydrogen) atoms. The highest BCUT2D eigenvalue weighted by molar-refractivity contribution is 5.76. The smallest absolute Gasteiger partial charge is 0.160 e. The van der Waals surface area contributed by atoms with Gasteiger partial charge < -0.3 is 9.84 Å². The molecule has 0 fully saturated rings. The predicted molar refractivity (Wildman–Crippen MR) is 55.9 cm³/mol. The van der Waals surface area contributed by atoms with E-state index in [1.54, 1.807) is 18.2 Å². The second-order valence-corrected chi connectivity index (χ2v) is 2.46. The molecule has 0 aromatic heterocycles. The molecule has 1 rings (SSSR count). The first kappa shape index (κ1) is 12.2. The number of carbonyl (C=O) groups is 1. The van der Waals surface area contributed by atoms with E-state index in [2.05, 4.69) is 6.58 Å². The molecule has 0 radical (unpaired) electrons. The van der Waals surface area contributed by atoms with Crippen LogP contribution in [-0.4, -0.2) is 18.5 Å². The third-order valence-electron chi connectivity index (χ3n) is 1.34. The summed E-state index contributed by atoms with van der Waals surface area (Å²) in [5.41, 5.74) is 0.434. The zero-order valence-electron chi connectivity index (χ0n) is 8.36. The van der Waals surface area contributed by atoms with Crippen LogP contribution in [0.1, 0.15) is 17.3 Å². The molecule has 1 N–H and O–H groups in total. The van der Waals surface area contributed by atoms with Crippen LogP contribution in [0, 0.1) is 0 Å². The number of aldehydes is 1. The van der Waals surface area contributed by atoms with E-state index in [4.69, 9.17) is 9.84 Å². The Morgan fingerprint density at radius 3 is 2.43 bits per heavy atom. The van der Waals surface area contributed by atoms with Gasteiger partial charge in [0, 0.05) is 5.56 Å². The summed E-state index contributed by atoms with van der Waals surface area (Å²) in [6.07, 6.45) is 2.42. The van der Waals surface area contributed by atoms with Crippen molar-refractivity contribution in [1.82, 2.24) is 0 Å². The van der Waals surface area contributed by atoms with Crippen LogP contribution in [0.25, 0.3) is 0 Å². The van der Waals surface area contributed by atoms with Crippen LogP contribution in [0.5, 0.6) is 11.5 Å². The van der Waals surface area contributed by atoms with E-state index in [0.29, 0.717) is 17.6 Å². The summed E-state index contributed by atoms with van der Waals surface area (Å²) in [6, 6.07) is 4.47. The lowest BCUT2D eigenvalue weighted by molar-refractivity contribution is 0.112. The maximum absolute atomic E-state index is 10.2.